The number of rotatable bonds is 7. The van der Waals surface area contributed by atoms with E-state index in [4.69, 9.17) is 0 Å². The molecule has 0 fully saturated rings. The monoisotopic (exact) mass is 496 g/mol. The van der Waals surface area contributed by atoms with E-state index in [2.05, 4.69) is 33.2 Å². The van der Waals surface area contributed by atoms with E-state index >= 15 is 0 Å². The number of amides is 2. The van der Waals surface area contributed by atoms with Crippen molar-refractivity contribution in [2.45, 2.75) is 6.42 Å². The number of hydrogen-bond acceptors (Lipinski definition) is 2. The van der Waals surface area contributed by atoms with Gasteiger partial charge < -0.3 is 10.6 Å². The molecule has 0 heterocycles. The maximum absolute atomic E-state index is 12.8. The average molecular weight is 496 g/mol. The molecule has 0 bridgehead atoms. The number of nitrogens with one attached hydrogen (secondary N) is 2. The first-order chi connectivity index (χ1) is 14.1. The SMILES string of the molecule is O=C(NCCc1ccccc1)/C(=C\c1ccccc1)NC(=O)c1ccc(I)cc1. The first kappa shape index (κ1) is 20.8. The Labute approximate surface area is 184 Å². The molecule has 0 aliphatic heterocycles. The first-order valence-corrected chi connectivity index (χ1v) is 10.4. The lowest BCUT2D eigenvalue weighted by atomic mass is 10.1. The molecule has 0 aromatic heterocycles. The molecule has 146 valence electrons. The van der Waals surface area contributed by atoms with Crippen molar-refractivity contribution >= 4 is 40.5 Å². The van der Waals surface area contributed by atoms with Gasteiger partial charge in [0.25, 0.3) is 11.8 Å². The van der Waals surface area contributed by atoms with Gasteiger partial charge in [-0.25, -0.2) is 0 Å². The van der Waals surface area contributed by atoms with Crippen molar-refractivity contribution in [2.75, 3.05) is 6.54 Å². The van der Waals surface area contributed by atoms with Gasteiger partial charge >= 0.3 is 0 Å². The Bertz CT molecular complexity index is 984. The van der Waals surface area contributed by atoms with Crippen molar-refractivity contribution in [3.63, 3.8) is 0 Å². The molecule has 3 aromatic rings. The molecule has 29 heavy (non-hydrogen) atoms. The van der Waals surface area contributed by atoms with Crippen LogP contribution < -0.4 is 10.6 Å². The fourth-order valence-corrected chi connectivity index (χ4v) is 3.09. The summed E-state index contributed by atoms with van der Waals surface area (Å²) in [5.74, 6) is -0.634. The minimum Gasteiger partial charge on any atom is -0.350 e. The Morgan fingerprint density at radius 1 is 0.828 bits per heavy atom. The van der Waals surface area contributed by atoms with Gasteiger partial charge in [-0.15, -0.1) is 0 Å². The third-order valence-electron chi connectivity index (χ3n) is 4.25. The molecule has 3 rings (SSSR count). The smallest absolute Gasteiger partial charge is 0.267 e. The molecule has 0 spiro atoms. The van der Waals surface area contributed by atoms with E-state index in [1.165, 1.54) is 0 Å². The maximum atomic E-state index is 12.8. The van der Waals surface area contributed by atoms with Crippen LogP contribution in [0.25, 0.3) is 6.08 Å². The van der Waals surface area contributed by atoms with E-state index < -0.39 is 0 Å². The minimum absolute atomic E-state index is 0.216. The largest absolute Gasteiger partial charge is 0.350 e. The zero-order valence-corrected chi connectivity index (χ0v) is 17.9. The van der Waals surface area contributed by atoms with Crippen LogP contribution in [-0.2, 0) is 11.2 Å². The quantitative estimate of drug-likeness (QED) is 0.376. The maximum Gasteiger partial charge on any atom is 0.267 e. The van der Waals surface area contributed by atoms with Gasteiger partial charge in [0.05, 0.1) is 0 Å². The molecule has 0 saturated heterocycles. The Morgan fingerprint density at radius 3 is 2.10 bits per heavy atom. The zero-order chi connectivity index (χ0) is 20.5. The fourth-order valence-electron chi connectivity index (χ4n) is 2.73. The lowest BCUT2D eigenvalue weighted by Gasteiger charge is -2.11. The van der Waals surface area contributed by atoms with Crippen molar-refractivity contribution in [2.24, 2.45) is 0 Å². The highest BCUT2D eigenvalue weighted by molar-refractivity contribution is 14.1. The molecule has 0 radical (unpaired) electrons. The predicted octanol–water partition coefficient (Wildman–Crippen LogP) is 4.42. The van der Waals surface area contributed by atoms with Gasteiger partial charge in [-0.05, 0) is 70.5 Å². The summed E-state index contributed by atoms with van der Waals surface area (Å²) in [5.41, 5.74) is 2.70. The van der Waals surface area contributed by atoms with Crippen LogP contribution >= 0.6 is 22.6 Å². The summed E-state index contributed by atoms with van der Waals surface area (Å²) >= 11 is 2.18. The van der Waals surface area contributed by atoms with Crippen LogP contribution in [0.4, 0.5) is 0 Å². The summed E-state index contributed by atoms with van der Waals surface area (Å²) in [6, 6.07) is 26.6. The Kier molecular flexibility index (Phi) is 7.58. The van der Waals surface area contributed by atoms with Gasteiger partial charge in [-0.1, -0.05) is 60.7 Å². The summed E-state index contributed by atoms with van der Waals surface area (Å²) in [6.45, 7) is 0.481. The number of carbonyl (C=O) groups excluding carboxylic acids is 2. The molecule has 3 aromatic carbocycles. The highest BCUT2D eigenvalue weighted by atomic mass is 127. The topological polar surface area (TPSA) is 58.2 Å². The van der Waals surface area contributed by atoms with Gasteiger partial charge in [-0.3, -0.25) is 9.59 Å². The van der Waals surface area contributed by atoms with Crippen LogP contribution in [0.5, 0.6) is 0 Å². The van der Waals surface area contributed by atoms with Crippen LogP contribution in [0.3, 0.4) is 0 Å². The first-order valence-electron chi connectivity index (χ1n) is 9.27. The normalized spacial score (nSPS) is 11.0. The zero-order valence-electron chi connectivity index (χ0n) is 15.8. The van der Waals surface area contributed by atoms with Gasteiger partial charge in [0.2, 0.25) is 0 Å². The number of hydrogen-bond donors (Lipinski definition) is 2. The summed E-state index contributed by atoms with van der Waals surface area (Å²) in [5, 5.41) is 5.65. The minimum atomic E-state index is -0.318. The van der Waals surface area contributed by atoms with E-state index in [0.717, 1.165) is 21.1 Å². The van der Waals surface area contributed by atoms with Crippen LogP contribution in [0.2, 0.25) is 0 Å². The van der Waals surface area contributed by atoms with Crippen molar-refractivity contribution in [3.05, 3.63) is 111 Å². The standard InChI is InChI=1S/C24H21IN2O2/c25-21-13-11-20(12-14-21)23(28)27-22(17-19-9-5-2-6-10-19)24(29)26-16-15-18-7-3-1-4-8-18/h1-14,17H,15-16H2,(H,26,29)(H,27,28)/b22-17+. The molecule has 0 aliphatic rings. The Morgan fingerprint density at radius 2 is 1.45 bits per heavy atom. The summed E-state index contributed by atoms with van der Waals surface area (Å²) in [7, 11) is 0. The van der Waals surface area contributed by atoms with Crippen molar-refractivity contribution in [3.8, 4) is 0 Å². The van der Waals surface area contributed by atoms with Gasteiger partial charge in [-0.2, -0.15) is 0 Å². The van der Waals surface area contributed by atoms with Crippen molar-refractivity contribution in [1.29, 1.82) is 0 Å². The molecule has 4 nitrogen and oxygen atoms in total. The van der Waals surface area contributed by atoms with Crippen LogP contribution in [0, 0.1) is 3.57 Å². The van der Waals surface area contributed by atoms with E-state index in [0.29, 0.717) is 12.1 Å². The molecular formula is C24H21IN2O2. The summed E-state index contributed by atoms with van der Waals surface area (Å²) in [6.07, 6.45) is 2.40. The molecule has 0 atom stereocenters. The van der Waals surface area contributed by atoms with Gasteiger partial charge in [0.15, 0.2) is 0 Å². The second-order valence-corrected chi connectivity index (χ2v) is 7.67. The van der Waals surface area contributed by atoms with Crippen molar-refractivity contribution in [1.82, 2.24) is 10.6 Å². The number of halogens is 1. The Hall–Kier alpha value is -2.93. The fraction of sp³-hybridized carbons (Fsp3) is 0.0833. The highest BCUT2D eigenvalue weighted by Gasteiger charge is 2.14. The van der Waals surface area contributed by atoms with Gasteiger partial charge in [0, 0.05) is 15.7 Å². The summed E-state index contributed by atoms with van der Waals surface area (Å²) < 4.78 is 1.04. The molecular weight excluding hydrogens is 475 g/mol. The van der Waals surface area contributed by atoms with E-state index in [1.807, 2.05) is 72.8 Å². The Balaban J connectivity index is 1.72. The number of carbonyl (C=O) groups is 2. The molecule has 2 amide bonds. The molecule has 0 unspecified atom stereocenters. The van der Waals surface area contributed by atoms with E-state index in [-0.39, 0.29) is 17.5 Å². The molecule has 2 N–H and O–H groups in total. The van der Waals surface area contributed by atoms with Crippen LogP contribution in [0.1, 0.15) is 21.5 Å². The van der Waals surface area contributed by atoms with E-state index in [1.54, 1.807) is 18.2 Å². The summed E-state index contributed by atoms with van der Waals surface area (Å²) in [4.78, 5) is 25.4. The molecule has 5 heteroatoms. The highest BCUT2D eigenvalue weighted by Crippen LogP contribution is 2.09. The number of benzene rings is 3. The third kappa shape index (κ3) is 6.57. The lowest BCUT2D eigenvalue weighted by Crippen LogP contribution is -2.35. The average Bonchev–Trinajstić information content (AvgIpc) is 2.75. The second kappa shape index (κ2) is 10.6. The molecule has 0 aliphatic carbocycles. The lowest BCUT2D eigenvalue weighted by molar-refractivity contribution is -0.117. The van der Waals surface area contributed by atoms with Gasteiger partial charge in [0.1, 0.15) is 5.70 Å². The molecule has 0 saturated carbocycles. The van der Waals surface area contributed by atoms with Crippen LogP contribution in [0.15, 0.2) is 90.6 Å². The predicted molar refractivity (Wildman–Crippen MR) is 124 cm³/mol. The third-order valence-corrected chi connectivity index (χ3v) is 4.97. The van der Waals surface area contributed by atoms with Crippen molar-refractivity contribution < 1.29 is 9.59 Å². The van der Waals surface area contributed by atoms with Crippen LogP contribution in [-0.4, -0.2) is 18.4 Å². The van der Waals surface area contributed by atoms with E-state index in [9.17, 15) is 9.59 Å². The second-order valence-electron chi connectivity index (χ2n) is 6.42.